The second-order valence-corrected chi connectivity index (χ2v) is 4.34. The van der Waals surface area contributed by atoms with Gasteiger partial charge in [0.25, 0.3) is 0 Å². The summed E-state index contributed by atoms with van der Waals surface area (Å²) in [7, 11) is 3.03. The number of methoxy groups -OCH3 is 2. The summed E-state index contributed by atoms with van der Waals surface area (Å²) in [6, 6.07) is 4.05. The van der Waals surface area contributed by atoms with Gasteiger partial charge in [-0.1, -0.05) is 6.07 Å². The van der Waals surface area contributed by atoms with E-state index in [0.717, 1.165) is 6.07 Å². The number of rotatable bonds is 9. The lowest BCUT2D eigenvalue weighted by molar-refractivity contribution is -0.139. The Morgan fingerprint density at radius 2 is 1.76 bits per heavy atom. The molecule has 1 rings (SSSR count). The van der Waals surface area contributed by atoms with Gasteiger partial charge in [-0.2, -0.15) is 13.2 Å². The highest BCUT2D eigenvalue weighted by atomic mass is 19.4. The number of hydrogen-bond acceptors (Lipinski definition) is 4. The molecule has 0 aromatic heterocycles. The van der Waals surface area contributed by atoms with Gasteiger partial charge in [-0.25, -0.2) is 0 Å². The molecule has 0 radical (unpaired) electrons. The third-order valence-electron chi connectivity index (χ3n) is 2.71. The molecule has 0 spiro atoms. The smallest absolute Gasteiger partial charge is 0.419 e. The quantitative estimate of drug-likeness (QED) is 0.712. The van der Waals surface area contributed by atoms with E-state index in [1.165, 1.54) is 13.2 Å². The van der Waals surface area contributed by atoms with Crippen LogP contribution in [0.3, 0.4) is 0 Å². The Bertz CT molecular complexity index is 424. The van der Waals surface area contributed by atoms with Crippen molar-refractivity contribution in [3.05, 3.63) is 29.3 Å². The summed E-state index contributed by atoms with van der Waals surface area (Å²) in [5.41, 5.74) is -0.234. The summed E-state index contributed by atoms with van der Waals surface area (Å²) in [4.78, 5) is 0. The Morgan fingerprint density at radius 3 is 2.38 bits per heavy atom. The highest BCUT2D eigenvalue weighted by Gasteiger charge is 2.34. The maximum atomic E-state index is 13.0. The Kier molecular flexibility index (Phi) is 7.49. The molecular formula is C14H20F3NO3. The lowest BCUT2D eigenvalue weighted by Gasteiger charge is -2.15. The molecule has 4 nitrogen and oxygen atoms in total. The minimum absolute atomic E-state index is 0.0744. The predicted octanol–water partition coefficient (Wildman–Crippen LogP) is 2.47. The van der Waals surface area contributed by atoms with Crippen LogP contribution < -0.4 is 10.1 Å². The first-order valence-corrected chi connectivity index (χ1v) is 6.50. The Balaban J connectivity index is 2.76. The van der Waals surface area contributed by atoms with Crippen molar-refractivity contribution in [3.63, 3.8) is 0 Å². The van der Waals surface area contributed by atoms with Crippen LogP contribution in [0.2, 0.25) is 0 Å². The third-order valence-corrected chi connectivity index (χ3v) is 2.71. The van der Waals surface area contributed by atoms with E-state index in [2.05, 4.69) is 5.32 Å². The largest absolute Gasteiger partial charge is 0.491 e. The molecule has 1 aromatic carbocycles. The molecule has 120 valence electrons. The molecule has 0 amide bonds. The lowest BCUT2D eigenvalue weighted by atomic mass is 10.1. The number of nitrogens with one attached hydrogen (secondary N) is 1. The maximum Gasteiger partial charge on any atom is 0.419 e. The lowest BCUT2D eigenvalue weighted by Crippen LogP contribution is -2.19. The highest BCUT2D eigenvalue weighted by molar-refractivity contribution is 5.39. The van der Waals surface area contributed by atoms with Crippen molar-refractivity contribution in [1.29, 1.82) is 0 Å². The van der Waals surface area contributed by atoms with E-state index in [1.807, 2.05) is 0 Å². The monoisotopic (exact) mass is 307 g/mol. The molecule has 0 aliphatic heterocycles. The second kappa shape index (κ2) is 8.86. The molecule has 0 fully saturated rings. The average Bonchev–Trinajstić information content (AvgIpc) is 2.44. The zero-order valence-corrected chi connectivity index (χ0v) is 12.1. The molecule has 0 unspecified atom stereocenters. The van der Waals surface area contributed by atoms with Crippen molar-refractivity contribution in [2.45, 2.75) is 12.7 Å². The fraction of sp³-hybridized carbons (Fsp3) is 0.571. The molecule has 0 aliphatic carbocycles. The Hall–Kier alpha value is -1.31. The van der Waals surface area contributed by atoms with Crippen molar-refractivity contribution in [3.8, 4) is 5.75 Å². The second-order valence-electron chi connectivity index (χ2n) is 4.34. The summed E-state index contributed by atoms with van der Waals surface area (Å²) in [6.45, 7) is 1.72. The molecule has 1 N–H and O–H groups in total. The molecule has 0 saturated carbocycles. The number of benzene rings is 1. The van der Waals surface area contributed by atoms with E-state index in [1.54, 1.807) is 13.2 Å². The molecule has 21 heavy (non-hydrogen) atoms. The first-order chi connectivity index (χ1) is 9.99. The van der Waals surface area contributed by atoms with Gasteiger partial charge in [0.05, 0.1) is 18.8 Å². The van der Waals surface area contributed by atoms with E-state index < -0.39 is 11.7 Å². The van der Waals surface area contributed by atoms with Gasteiger partial charge >= 0.3 is 6.18 Å². The standard InChI is InChI=1S/C14H20F3NO3/c1-19-6-5-18-10-11-3-4-13(21-8-7-20-2)12(9-11)14(15,16)17/h3-4,9,18H,5-8,10H2,1-2H3. The van der Waals surface area contributed by atoms with Crippen LogP contribution in [0.4, 0.5) is 13.2 Å². The first-order valence-electron chi connectivity index (χ1n) is 6.50. The van der Waals surface area contributed by atoms with E-state index >= 15 is 0 Å². The van der Waals surface area contributed by atoms with Crippen LogP contribution >= 0.6 is 0 Å². The minimum Gasteiger partial charge on any atom is -0.491 e. The van der Waals surface area contributed by atoms with Crippen LogP contribution in [0.5, 0.6) is 5.75 Å². The molecule has 0 bridgehead atoms. The molecule has 0 saturated heterocycles. The van der Waals surface area contributed by atoms with Gasteiger partial charge in [-0.15, -0.1) is 0 Å². The summed E-state index contributed by atoms with van der Waals surface area (Å²) in [5, 5.41) is 3.00. The third kappa shape index (κ3) is 6.33. The molecule has 0 heterocycles. The molecule has 0 aliphatic rings. The molecule has 0 atom stereocenters. The van der Waals surface area contributed by atoms with Gasteiger partial charge in [-0.3, -0.25) is 0 Å². The average molecular weight is 307 g/mol. The van der Waals surface area contributed by atoms with Crippen molar-refractivity contribution >= 4 is 0 Å². The Labute approximate surface area is 122 Å². The van der Waals surface area contributed by atoms with Crippen LogP contribution in [0, 0.1) is 0 Å². The van der Waals surface area contributed by atoms with Gasteiger partial charge in [0.2, 0.25) is 0 Å². The maximum absolute atomic E-state index is 13.0. The van der Waals surface area contributed by atoms with E-state index in [0.29, 0.717) is 25.3 Å². The van der Waals surface area contributed by atoms with Crippen LogP contribution in [0.1, 0.15) is 11.1 Å². The van der Waals surface area contributed by atoms with E-state index in [9.17, 15) is 13.2 Å². The number of ether oxygens (including phenoxy) is 3. The molecular weight excluding hydrogens is 287 g/mol. The summed E-state index contributed by atoms with van der Waals surface area (Å²) in [6.07, 6.45) is -4.45. The van der Waals surface area contributed by atoms with E-state index in [4.69, 9.17) is 14.2 Å². The summed E-state index contributed by atoms with van der Waals surface area (Å²) in [5.74, 6) is -0.180. The fourth-order valence-corrected chi connectivity index (χ4v) is 1.68. The number of alkyl halides is 3. The topological polar surface area (TPSA) is 39.7 Å². The van der Waals surface area contributed by atoms with Crippen LogP contribution in [0.15, 0.2) is 18.2 Å². The zero-order chi connectivity index (χ0) is 15.7. The van der Waals surface area contributed by atoms with Crippen molar-refractivity contribution < 1.29 is 27.4 Å². The van der Waals surface area contributed by atoms with Gasteiger partial charge in [-0.05, 0) is 17.7 Å². The highest BCUT2D eigenvalue weighted by Crippen LogP contribution is 2.36. The van der Waals surface area contributed by atoms with Gasteiger partial charge in [0, 0.05) is 27.3 Å². The SMILES string of the molecule is COCCNCc1ccc(OCCOC)c(C(F)(F)F)c1. The van der Waals surface area contributed by atoms with Crippen LogP contribution in [-0.4, -0.2) is 40.6 Å². The van der Waals surface area contributed by atoms with Gasteiger partial charge in [0.15, 0.2) is 0 Å². The van der Waals surface area contributed by atoms with Crippen molar-refractivity contribution in [2.75, 3.05) is 40.6 Å². The number of hydrogen-bond donors (Lipinski definition) is 1. The minimum atomic E-state index is -4.45. The molecule has 7 heteroatoms. The molecule has 1 aromatic rings. The first kappa shape index (κ1) is 17.7. The van der Waals surface area contributed by atoms with Crippen molar-refractivity contribution in [2.24, 2.45) is 0 Å². The summed E-state index contributed by atoms with van der Waals surface area (Å²) < 4.78 is 53.8. The van der Waals surface area contributed by atoms with Gasteiger partial charge < -0.3 is 19.5 Å². The van der Waals surface area contributed by atoms with E-state index in [-0.39, 0.29) is 19.0 Å². The van der Waals surface area contributed by atoms with Crippen LogP contribution in [0.25, 0.3) is 0 Å². The van der Waals surface area contributed by atoms with Crippen molar-refractivity contribution in [1.82, 2.24) is 5.32 Å². The normalized spacial score (nSPS) is 11.7. The fourth-order valence-electron chi connectivity index (χ4n) is 1.68. The predicted molar refractivity (Wildman–Crippen MR) is 72.4 cm³/mol. The van der Waals surface area contributed by atoms with Crippen LogP contribution in [-0.2, 0) is 22.2 Å². The summed E-state index contributed by atoms with van der Waals surface area (Å²) >= 11 is 0. The zero-order valence-electron chi connectivity index (χ0n) is 12.1. The number of halogens is 3. The van der Waals surface area contributed by atoms with Gasteiger partial charge in [0.1, 0.15) is 12.4 Å². The Morgan fingerprint density at radius 1 is 1.05 bits per heavy atom.